The number of aromatic amines is 1. The number of imidazole rings is 1. The maximum atomic E-state index is 12.0. The first-order valence-corrected chi connectivity index (χ1v) is 8.03. The molecule has 1 atom stereocenters. The second-order valence-electron chi connectivity index (χ2n) is 5.55. The number of nitrogens with two attached hydrogens (primary N) is 1. The summed E-state index contributed by atoms with van der Waals surface area (Å²) in [5, 5.41) is 3.51. The highest BCUT2D eigenvalue weighted by atomic mass is 32.2. The predicted molar refractivity (Wildman–Crippen MR) is 88.3 cm³/mol. The van der Waals surface area contributed by atoms with E-state index in [1.807, 2.05) is 25.1 Å². The van der Waals surface area contributed by atoms with Crippen molar-refractivity contribution in [3.63, 3.8) is 0 Å². The first kappa shape index (κ1) is 15.7. The second-order valence-corrected chi connectivity index (χ2v) is 6.88. The summed E-state index contributed by atoms with van der Waals surface area (Å²) >= 11 is 1.42. The Morgan fingerprint density at radius 2 is 2.19 bits per heavy atom. The number of nitrogens with one attached hydrogen (secondary N) is 2. The van der Waals surface area contributed by atoms with Crippen molar-refractivity contribution in [2.45, 2.75) is 37.6 Å². The molecule has 0 aliphatic carbocycles. The number of thioether (sulfide) groups is 1. The van der Waals surface area contributed by atoms with Gasteiger partial charge in [-0.2, -0.15) is 0 Å². The molecule has 0 aliphatic heterocycles. The molecule has 2 rings (SSSR count). The highest BCUT2D eigenvalue weighted by Crippen LogP contribution is 2.24. The van der Waals surface area contributed by atoms with Crippen LogP contribution in [0, 0.1) is 5.92 Å². The van der Waals surface area contributed by atoms with E-state index in [1.54, 1.807) is 0 Å². The van der Waals surface area contributed by atoms with Gasteiger partial charge in [0.25, 0.3) is 0 Å². The van der Waals surface area contributed by atoms with Crippen LogP contribution in [-0.4, -0.2) is 27.7 Å². The van der Waals surface area contributed by atoms with E-state index in [0.717, 1.165) is 29.2 Å². The van der Waals surface area contributed by atoms with E-state index >= 15 is 0 Å². The highest BCUT2D eigenvalue weighted by molar-refractivity contribution is 8.00. The third kappa shape index (κ3) is 4.39. The number of nitrogens with zero attached hydrogens (tertiary/aromatic N) is 1. The monoisotopic (exact) mass is 306 g/mol. The smallest absolute Gasteiger partial charge is 0.233 e. The molecule has 0 spiro atoms. The number of benzene rings is 1. The number of aromatic nitrogens is 2. The zero-order valence-electron chi connectivity index (χ0n) is 12.6. The Balaban J connectivity index is 1.94. The van der Waals surface area contributed by atoms with Gasteiger partial charge in [-0.3, -0.25) is 4.79 Å². The average Bonchev–Trinajstić information content (AvgIpc) is 2.79. The van der Waals surface area contributed by atoms with E-state index in [0.29, 0.717) is 11.6 Å². The molecule has 1 aromatic heterocycles. The number of carbonyl (C=O) groups excluding carboxylic acids is 1. The van der Waals surface area contributed by atoms with Crippen molar-refractivity contribution < 1.29 is 4.79 Å². The van der Waals surface area contributed by atoms with Crippen LogP contribution < -0.4 is 11.1 Å². The van der Waals surface area contributed by atoms with Gasteiger partial charge in [0.1, 0.15) is 0 Å². The lowest BCUT2D eigenvalue weighted by atomic mass is 10.1. The van der Waals surface area contributed by atoms with Crippen molar-refractivity contribution in [1.82, 2.24) is 15.3 Å². The van der Waals surface area contributed by atoms with Gasteiger partial charge in [-0.15, -0.1) is 0 Å². The second kappa shape index (κ2) is 6.85. The van der Waals surface area contributed by atoms with Gasteiger partial charge < -0.3 is 16.0 Å². The van der Waals surface area contributed by atoms with E-state index in [4.69, 9.17) is 5.73 Å². The van der Waals surface area contributed by atoms with E-state index in [2.05, 4.69) is 29.1 Å². The summed E-state index contributed by atoms with van der Waals surface area (Å²) in [5.41, 5.74) is 8.19. The quantitative estimate of drug-likeness (QED) is 0.566. The van der Waals surface area contributed by atoms with Crippen LogP contribution in [-0.2, 0) is 4.79 Å². The van der Waals surface area contributed by atoms with Crippen molar-refractivity contribution in [1.29, 1.82) is 0 Å². The number of hydrogen-bond acceptors (Lipinski definition) is 4. The van der Waals surface area contributed by atoms with Crippen LogP contribution in [0.4, 0.5) is 5.69 Å². The molecule has 0 saturated carbocycles. The van der Waals surface area contributed by atoms with Crippen molar-refractivity contribution in [3.05, 3.63) is 18.2 Å². The SMILES string of the molecule is CC(C)CCNC(=O)C(C)Sc1nc2ccc(N)cc2[nH]1. The molecule has 1 unspecified atom stereocenters. The average molecular weight is 306 g/mol. The fraction of sp³-hybridized carbons (Fsp3) is 0.467. The van der Waals surface area contributed by atoms with Gasteiger partial charge in [0.15, 0.2) is 5.16 Å². The topological polar surface area (TPSA) is 83.8 Å². The fourth-order valence-electron chi connectivity index (χ4n) is 1.91. The first-order chi connectivity index (χ1) is 9.95. The summed E-state index contributed by atoms with van der Waals surface area (Å²) in [4.78, 5) is 19.6. The Hall–Kier alpha value is -1.69. The molecule has 5 nitrogen and oxygen atoms in total. The largest absolute Gasteiger partial charge is 0.399 e. The zero-order chi connectivity index (χ0) is 15.4. The first-order valence-electron chi connectivity index (χ1n) is 7.15. The molecule has 4 N–H and O–H groups in total. The number of amides is 1. The van der Waals surface area contributed by atoms with Gasteiger partial charge in [0, 0.05) is 12.2 Å². The van der Waals surface area contributed by atoms with Gasteiger partial charge in [-0.25, -0.2) is 4.98 Å². The number of H-pyrrole nitrogens is 1. The van der Waals surface area contributed by atoms with Crippen LogP contribution in [0.25, 0.3) is 11.0 Å². The minimum absolute atomic E-state index is 0.0422. The summed E-state index contributed by atoms with van der Waals surface area (Å²) in [6, 6.07) is 5.54. The highest BCUT2D eigenvalue weighted by Gasteiger charge is 2.16. The molecule has 114 valence electrons. The lowest BCUT2D eigenvalue weighted by Gasteiger charge is -2.11. The zero-order valence-corrected chi connectivity index (χ0v) is 13.5. The summed E-state index contributed by atoms with van der Waals surface area (Å²) in [7, 11) is 0. The Morgan fingerprint density at radius 3 is 2.90 bits per heavy atom. The molecular weight excluding hydrogens is 284 g/mol. The van der Waals surface area contributed by atoms with Crippen LogP contribution in [0.3, 0.4) is 0 Å². The summed E-state index contributed by atoms with van der Waals surface area (Å²) in [6.07, 6.45) is 0.993. The molecule has 0 bridgehead atoms. The molecule has 1 aromatic carbocycles. The minimum Gasteiger partial charge on any atom is -0.399 e. The molecular formula is C15H22N4OS. The number of anilines is 1. The van der Waals surface area contributed by atoms with Gasteiger partial charge in [-0.1, -0.05) is 25.6 Å². The van der Waals surface area contributed by atoms with Crippen molar-refractivity contribution in [2.75, 3.05) is 12.3 Å². The van der Waals surface area contributed by atoms with E-state index < -0.39 is 0 Å². The van der Waals surface area contributed by atoms with Gasteiger partial charge >= 0.3 is 0 Å². The van der Waals surface area contributed by atoms with Crippen LogP contribution in [0.15, 0.2) is 23.4 Å². The van der Waals surface area contributed by atoms with Crippen molar-refractivity contribution >= 4 is 34.4 Å². The number of carbonyl (C=O) groups is 1. The van der Waals surface area contributed by atoms with Crippen molar-refractivity contribution in [3.8, 4) is 0 Å². The molecule has 0 aliphatic rings. The summed E-state index contributed by atoms with van der Waals surface area (Å²) in [5.74, 6) is 0.634. The Bertz CT molecular complexity index is 623. The molecule has 0 saturated heterocycles. The minimum atomic E-state index is -0.185. The number of nitrogen functional groups attached to an aromatic ring is 1. The van der Waals surface area contributed by atoms with Crippen molar-refractivity contribution in [2.24, 2.45) is 5.92 Å². The van der Waals surface area contributed by atoms with Crippen LogP contribution >= 0.6 is 11.8 Å². The molecule has 6 heteroatoms. The Kier molecular flexibility index (Phi) is 5.12. The van der Waals surface area contributed by atoms with E-state index in [9.17, 15) is 4.79 Å². The standard InChI is InChI=1S/C15H22N4OS/c1-9(2)6-7-17-14(20)10(3)21-15-18-12-5-4-11(16)8-13(12)19-15/h4-5,8-10H,6-7,16H2,1-3H3,(H,17,20)(H,18,19). The molecule has 0 fully saturated rings. The van der Waals surface area contributed by atoms with Crippen LogP contribution in [0.2, 0.25) is 0 Å². The van der Waals surface area contributed by atoms with Crippen LogP contribution in [0.1, 0.15) is 27.2 Å². The molecule has 1 amide bonds. The molecule has 21 heavy (non-hydrogen) atoms. The van der Waals surface area contributed by atoms with Gasteiger partial charge in [0.2, 0.25) is 5.91 Å². The van der Waals surface area contributed by atoms with E-state index in [1.165, 1.54) is 11.8 Å². The summed E-state index contributed by atoms with van der Waals surface area (Å²) < 4.78 is 0. The normalized spacial score (nSPS) is 12.8. The van der Waals surface area contributed by atoms with Crippen LogP contribution in [0.5, 0.6) is 0 Å². The fourth-order valence-corrected chi connectivity index (χ4v) is 2.75. The summed E-state index contributed by atoms with van der Waals surface area (Å²) in [6.45, 7) is 6.89. The Labute approximate surface area is 129 Å². The number of fused-ring (bicyclic) bond motifs is 1. The van der Waals surface area contributed by atoms with E-state index in [-0.39, 0.29) is 11.2 Å². The molecule has 0 radical (unpaired) electrons. The maximum absolute atomic E-state index is 12.0. The molecule has 1 heterocycles. The lowest BCUT2D eigenvalue weighted by Crippen LogP contribution is -2.32. The van der Waals surface area contributed by atoms with Gasteiger partial charge in [0.05, 0.1) is 16.3 Å². The third-order valence-electron chi connectivity index (χ3n) is 3.16. The van der Waals surface area contributed by atoms with Gasteiger partial charge in [-0.05, 0) is 37.5 Å². The number of hydrogen-bond donors (Lipinski definition) is 3. The lowest BCUT2D eigenvalue weighted by molar-refractivity contribution is -0.120. The number of rotatable bonds is 6. The third-order valence-corrected chi connectivity index (χ3v) is 4.15. The predicted octanol–water partition coefficient (Wildman–Crippen LogP) is 2.79. The maximum Gasteiger partial charge on any atom is 0.233 e. The Morgan fingerprint density at radius 1 is 1.43 bits per heavy atom. The molecule has 2 aromatic rings.